The third-order valence-electron chi connectivity index (χ3n) is 10.6. The number of aromatic nitrogens is 5. The van der Waals surface area contributed by atoms with Crippen molar-refractivity contribution in [2.45, 2.75) is 25.4 Å². The number of benzene rings is 3. The minimum atomic E-state index is -4.65. The molecule has 0 radical (unpaired) electrons. The number of likely N-dealkylation sites (tertiary alicyclic amines) is 1. The van der Waals surface area contributed by atoms with E-state index in [1.165, 1.54) is 17.7 Å². The lowest BCUT2D eigenvalue weighted by atomic mass is 9.85. The van der Waals surface area contributed by atoms with Gasteiger partial charge >= 0.3 is 6.18 Å². The number of rotatable bonds is 6. The monoisotopic (exact) mass is 705 g/mol. The normalized spacial score (nSPS) is 19.5. The number of anilines is 1. The zero-order chi connectivity index (χ0) is 36.2. The van der Waals surface area contributed by atoms with Crippen LogP contribution in [0.4, 0.5) is 18.9 Å². The molecule has 3 aliphatic rings. The molecular formula is C38H34F3N9O2. The lowest BCUT2D eigenvalue weighted by molar-refractivity contribution is -0.137. The molecule has 52 heavy (non-hydrogen) atoms. The fourth-order valence-corrected chi connectivity index (χ4v) is 7.71. The molecule has 11 nitrogen and oxygen atoms in total. The highest BCUT2D eigenvalue weighted by molar-refractivity contribution is 6.03. The van der Waals surface area contributed by atoms with Crippen LogP contribution in [0.2, 0.25) is 0 Å². The molecule has 0 bridgehead atoms. The van der Waals surface area contributed by atoms with E-state index in [0.29, 0.717) is 79.2 Å². The van der Waals surface area contributed by atoms with Gasteiger partial charge in [0.2, 0.25) is 11.8 Å². The second kappa shape index (κ2) is 12.8. The number of carbonyl (C=O) groups is 2. The first-order valence-electron chi connectivity index (χ1n) is 17.1. The Balaban J connectivity index is 0.910. The van der Waals surface area contributed by atoms with Gasteiger partial charge in [0.1, 0.15) is 12.0 Å². The van der Waals surface area contributed by atoms with Crippen LogP contribution < -0.4 is 4.90 Å². The summed E-state index contributed by atoms with van der Waals surface area (Å²) in [6.07, 6.45) is 1.20. The van der Waals surface area contributed by atoms with E-state index in [-0.39, 0.29) is 18.4 Å². The summed E-state index contributed by atoms with van der Waals surface area (Å²) >= 11 is 0. The highest BCUT2D eigenvalue weighted by Gasteiger charge is 2.51. The number of H-pyrrole nitrogens is 1. The Bertz CT molecular complexity index is 2280. The van der Waals surface area contributed by atoms with Gasteiger partial charge in [0, 0.05) is 55.4 Å². The third kappa shape index (κ3) is 6.00. The number of alkyl halides is 3. The van der Waals surface area contributed by atoms with Crippen LogP contribution in [0.5, 0.6) is 0 Å². The summed E-state index contributed by atoms with van der Waals surface area (Å²) < 4.78 is 41.9. The molecule has 2 aromatic heterocycles. The maximum Gasteiger partial charge on any atom is 0.417 e. The Labute approximate surface area is 296 Å². The smallest absolute Gasteiger partial charge is 0.338 e. The number of aryl methyl sites for hydroxylation is 1. The van der Waals surface area contributed by atoms with Crippen molar-refractivity contribution < 1.29 is 22.8 Å². The molecular weight excluding hydrogens is 671 g/mol. The van der Waals surface area contributed by atoms with Gasteiger partial charge in [-0.15, -0.1) is 0 Å². The van der Waals surface area contributed by atoms with E-state index in [1.54, 1.807) is 28.0 Å². The summed E-state index contributed by atoms with van der Waals surface area (Å²) in [6, 6.07) is 18.6. The van der Waals surface area contributed by atoms with Crippen molar-refractivity contribution in [3.63, 3.8) is 0 Å². The quantitative estimate of drug-likeness (QED) is 0.242. The molecule has 5 aromatic rings. The van der Waals surface area contributed by atoms with E-state index < -0.39 is 22.7 Å². The summed E-state index contributed by atoms with van der Waals surface area (Å²) in [5, 5.41) is 21.6. The zero-order valence-electron chi connectivity index (χ0n) is 28.3. The van der Waals surface area contributed by atoms with Gasteiger partial charge in [-0.2, -0.15) is 28.6 Å². The Morgan fingerprint density at radius 3 is 2.48 bits per heavy atom. The molecule has 5 heterocycles. The maximum atomic E-state index is 14.0. The van der Waals surface area contributed by atoms with Gasteiger partial charge in [-0.1, -0.05) is 36.4 Å². The van der Waals surface area contributed by atoms with Crippen molar-refractivity contribution >= 4 is 34.0 Å². The second-order valence-corrected chi connectivity index (χ2v) is 13.8. The fourth-order valence-electron chi connectivity index (χ4n) is 7.71. The Morgan fingerprint density at radius 1 is 1.00 bits per heavy atom. The molecule has 1 N–H and O–H groups in total. The number of nitrogens with one attached hydrogen (secondary N) is 1. The number of halogens is 3. The van der Waals surface area contributed by atoms with Crippen LogP contribution in [-0.2, 0) is 22.8 Å². The molecule has 2 fully saturated rings. The number of hydrogen-bond acceptors (Lipinski definition) is 7. The summed E-state index contributed by atoms with van der Waals surface area (Å²) in [5.41, 5.74) is 3.27. The molecule has 8 rings (SSSR count). The van der Waals surface area contributed by atoms with Crippen LogP contribution in [0.15, 0.2) is 73.1 Å². The van der Waals surface area contributed by atoms with Crippen LogP contribution in [0.1, 0.15) is 36.0 Å². The highest BCUT2D eigenvalue weighted by Crippen LogP contribution is 2.43. The van der Waals surface area contributed by atoms with Crippen molar-refractivity contribution in [3.8, 4) is 28.7 Å². The number of hydrogen-bond donors (Lipinski definition) is 1. The molecule has 3 aromatic carbocycles. The standard InChI is InChI=1S/C38H34F3N9O2/c1-47-23-43-35(46-47)26-4-2-24(3-5-26)25-10-14-49(15-11-25)33(51)21-48-16-12-37(22-48)13-17-50(36(37)52)29-7-9-32-30(19-29)34(45-44-32)27-6-8-31(38(39,40)41)28(18-27)20-42/h2-10,18-19,23H,11-17,21-22H2,1H3,(H,44,45). The number of nitriles is 1. The Hall–Kier alpha value is -5.81. The van der Waals surface area contributed by atoms with E-state index >= 15 is 0 Å². The SMILES string of the molecule is Cn1cnc(-c2ccc(C3=CCN(C(=O)CN4CCC5(CCN(c6ccc7[nH]nc(-c8ccc(C(F)(F)F)c(C#N)c8)c7c6)C5=O)C4)CC3)cc2)n1. The molecule has 14 heteroatoms. The summed E-state index contributed by atoms with van der Waals surface area (Å²) in [7, 11) is 1.84. The first kappa shape index (κ1) is 33.3. The highest BCUT2D eigenvalue weighted by atomic mass is 19.4. The lowest BCUT2D eigenvalue weighted by Crippen LogP contribution is -2.43. The summed E-state index contributed by atoms with van der Waals surface area (Å²) in [4.78, 5) is 37.4. The molecule has 2 saturated heterocycles. The van der Waals surface area contributed by atoms with Gasteiger partial charge in [0.15, 0.2) is 5.82 Å². The van der Waals surface area contributed by atoms with Gasteiger partial charge in [-0.25, -0.2) is 4.98 Å². The minimum Gasteiger partial charge on any atom is -0.338 e. The number of fused-ring (bicyclic) bond motifs is 1. The third-order valence-corrected chi connectivity index (χ3v) is 10.6. The molecule has 1 unspecified atom stereocenters. The second-order valence-electron chi connectivity index (χ2n) is 13.8. The van der Waals surface area contributed by atoms with Gasteiger partial charge in [-0.05, 0) is 67.3 Å². The van der Waals surface area contributed by atoms with Crippen LogP contribution >= 0.6 is 0 Å². The average molecular weight is 706 g/mol. The number of amides is 2. The molecule has 0 saturated carbocycles. The fraction of sp³-hybridized carbons (Fsp3) is 0.316. The van der Waals surface area contributed by atoms with Gasteiger partial charge in [0.25, 0.3) is 0 Å². The molecule has 264 valence electrons. The molecule has 2 amide bonds. The molecule has 0 aliphatic carbocycles. The van der Waals surface area contributed by atoms with Gasteiger partial charge in [-0.3, -0.25) is 24.3 Å². The first-order valence-corrected chi connectivity index (χ1v) is 17.1. The zero-order valence-corrected chi connectivity index (χ0v) is 28.3. The van der Waals surface area contributed by atoms with Gasteiger partial charge < -0.3 is 9.80 Å². The van der Waals surface area contributed by atoms with Crippen molar-refractivity contribution in [2.24, 2.45) is 12.5 Å². The van der Waals surface area contributed by atoms with E-state index in [2.05, 4.69) is 43.4 Å². The molecule has 1 spiro atoms. The first-order chi connectivity index (χ1) is 25.0. The van der Waals surface area contributed by atoms with Crippen LogP contribution in [0.25, 0.3) is 39.1 Å². The van der Waals surface area contributed by atoms with Crippen molar-refractivity contribution in [1.29, 1.82) is 5.26 Å². The Kier molecular flexibility index (Phi) is 8.18. The lowest BCUT2D eigenvalue weighted by Gasteiger charge is -2.29. The van der Waals surface area contributed by atoms with Gasteiger partial charge in [0.05, 0.1) is 34.7 Å². The van der Waals surface area contributed by atoms with Crippen molar-refractivity contribution in [1.82, 2.24) is 34.8 Å². The van der Waals surface area contributed by atoms with Crippen molar-refractivity contribution in [2.75, 3.05) is 44.2 Å². The number of nitrogens with zero attached hydrogens (tertiary/aromatic N) is 8. The number of aromatic amines is 1. The topological polar surface area (TPSA) is 127 Å². The van der Waals surface area contributed by atoms with E-state index in [0.717, 1.165) is 23.6 Å². The molecule has 1 atom stereocenters. The minimum absolute atomic E-state index is 0.00327. The predicted octanol–water partition coefficient (Wildman–Crippen LogP) is 5.66. The van der Waals surface area contributed by atoms with Crippen molar-refractivity contribution in [3.05, 3.63) is 89.8 Å². The maximum absolute atomic E-state index is 14.0. The van der Waals surface area contributed by atoms with E-state index in [4.69, 9.17) is 0 Å². The predicted molar refractivity (Wildman–Crippen MR) is 187 cm³/mol. The molecule has 3 aliphatic heterocycles. The average Bonchev–Trinajstić information content (AvgIpc) is 3.95. The largest absolute Gasteiger partial charge is 0.417 e. The van der Waals surface area contributed by atoms with E-state index in [9.17, 15) is 28.0 Å². The van der Waals surface area contributed by atoms with E-state index in [1.807, 2.05) is 36.2 Å². The summed E-state index contributed by atoms with van der Waals surface area (Å²) in [5.74, 6) is 0.732. The van der Waals surface area contributed by atoms with Crippen LogP contribution in [-0.4, -0.2) is 85.8 Å². The summed E-state index contributed by atoms with van der Waals surface area (Å²) in [6.45, 7) is 3.08. The van der Waals surface area contributed by atoms with Crippen LogP contribution in [0.3, 0.4) is 0 Å². The number of carbonyl (C=O) groups excluding carboxylic acids is 2. The van der Waals surface area contributed by atoms with Crippen LogP contribution in [0, 0.1) is 16.7 Å². The Morgan fingerprint density at radius 2 is 1.77 bits per heavy atom.